The number of aliphatic carboxylic acids is 1. The normalized spacial score (nSPS) is 11.5. The van der Waals surface area contributed by atoms with Gasteiger partial charge in [0.2, 0.25) is 5.91 Å². The van der Waals surface area contributed by atoms with Crippen molar-refractivity contribution in [1.82, 2.24) is 5.32 Å². The first-order valence-electron chi connectivity index (χ1n) is 8.81. The van der Waals surface area contributed by atoms with Crippen LogP contribution in [0.25, 0.3) is 0 Å². The molecule has 1 amide bonds. The van der Waals surface area contributed by atoms with Crippen LogP contribution in [-0.2, 0) is 16.0 Å². The molecule has 0 aliphatic heterocycles. The molecule has 1 atom stereocenters. The van der Waals surface area contributed by atoms with Crippen molar-refractivity contribution in [1.29, 1.82) is 0 Å². The zero-order valence-corrected chi connectivity index (χ0v) is 15.5. The van der Waals surface area contributed by atoms with Gasteiger partial charge in [-0.2, -0.15) is 0 Å². The number of ether oxygens (including phenoxy) is 1. The molecule has 28 heavy (non-hydrogen) atoms. The Morgan fingerprint density at radius 2 is 1.82 bits per heavy atom. The van der Waals surface area contributed by atoms with Crippen molar-refractivity contribution in [3.8, 4) is 5.75 Å². The van der Waals surface area contributed by atoms with Gasteiger partial charge in [0.05, 0.1) is 13.0 Å². The lowest BCUT2D eigenvalue weighted by atomic mass is 9.99. The SMILES string of the molecule is COc1ccc(C(=O)CCC(=O)NCC(Cc2ccccc2)C(=O)O)cc1F. The first-order chi connectivity index (χ1) is 13.4. The number of nitrogens with one attached hydrogen (secondary N) is 1. The van der Waals surface area contributed by atoms with Gasteiger partial charge in [-0.05, 0) is 30.2 Å². The molecular formula is C21H22FNO5. The Labute approximate surface area is 162 Å². The minimum absolute atomic E-state index is 0.0333. The van der Waals surface area contributed by atoms with Crippen LogP contribution in [0.2, 0.25) is 0 Å². The van der Waals surface area contributed by atoms with Gasteiger partial charge in [0.15, 0.2) is 17.3 Å². The third kappa shape index (κ3) is 6.19. The Balaban J connectivity index is 1.83. The lowest BCUT2D eigenvalue weighted by molar-refractivity contribution is -0.141. The largest absolute Gasteiger partial charge is 0.494 e. The molecule has 0 aromatic heterocycles. The van der Waals surface area contributed by atoms with E-state index in [1.807, 2.05) is 30.3 Å². The second kappa shape index (κ2) is 10.2. The van der Waals surface area contributed by atoms with Crippen molar-refractivity contribution in [2.24, 2.45) is 5.92 Å². The lowest BCUT2D eigenvalue weighted by Gasteiger charge is -2.13. The summed E-state index contributed by atoms with van der Waals surface area (Å²) >= 11 is 0. The Kier molecular flexibility index (Phi) is 7.68. The van der Waals surface area contributed by atoms with Gasteiger partial charge >= 0.3 is 5.97 Å². The summed E-state index contributed by atoms with van der Waals surface area (Å²) in [6.45, 7) is -0.0333. The van der Waals surface area contributed by atoms with Gasteiger partial charge in [-0.25, -0.2) is 4.39 Å². The molecule has 0 aliphatic rings. The minimum Gasteiger partial charge on any atom is -0.494 e. The van der Waals surface area contributed by atoms with Crippen molar-refractivity contribution >= 4 is 17.7 Å². The van der Waals surface area contributed by atoms with E-state index < -0.39 is 23.6 Å². The van der Waals surface area contributed by atoms with Gasteiger partial charge in [-0.1, -0.05) is 30.3 Å². The van der Waals surface area contributed by atoms with Crippen LogP contribution in [0.1, 0.15) is 28.8 Å². The van der Waals surface area contributed by atoms with E-state index in [1.165, 1.54) is 19.2 Å². The highest BCUT2D eigenvalue weighted by atomic mass is 19.1. The number of ketones is 1. The highest BCUT2D eigenvalue weighted by molar-refractivity contribution is 5.98. The molecule has 6 nitrogen and oxygen atoms in total. The second-order valence-electron chi connectivity index (χ2n) is 6.30. The highest BCUT2D eigenvalue weighted by Gasteiger charge is 2.19. The number of hydrogen-bond acceptors (Lipinski definition) is 4. The van der Waals surface area contributed by atoms with Crippen LogP contribution in [0.5, 0.6) is 5.75 Å². The summed E-state index contributed by atoms with van der Waals surface area (Å²) in [5, 5.41) is 11.9. The molecule has 0 bridgehead atoms. The fraction of sp³-hybridized carbons (Fsp3) is 0.286. The summed E-state index contributed by atoms with van der Waals surface area (Å²) in [4.78, 5) is 35.5. The van der Waals surface area contributed by atoms with E-state index in [-0.39, 0.29) is 36.5 Å². The molecule has 2 aromatic carbocycles. The highest BCUT2D eigenvalue weighted by Crippen LogP contribution is 2.19. The quantitative estimate of drug-likeness (QED) is 0.612. The van der Waals surface area contributed by atoms with Crippen LogP contribution in [-0.4, -0.2) is 36.4 Å². The Morgan fingerprint density at radius 1 is 1.11 bits per heavy atom. The third-order valence-corrected chi connectivity index (χ3v) is 4.27. The van der Waals surface area contributed by atoms with Gasteiger partial charge in [0, 0.05) is 24.9 Å². The molecule has 0 spiro atoms. The summed E-state index contributed by atoms with van der Waals surface area (Å²) in [6.07, 6.45) is 0.0820. The van der Waals surface area contributed by atoms with Gasteiger partial charge in [-0.3, -0.25) is 14.4 Å². The number of Topliss-reactive ketones (excluding diaryl/α,β-unsaturated/α-hetero) is 1. The first kappa shape index (κ1) is 21.1. The number of rotatable bonds is 10. The number of hydrogen-bond donors (Lipinski definition) is 2. The molecule has 0 heterocycles. The van der Waals surface area contributed by atoms with Gasteiger partial charge < -0.3 is 15.2 Å². The number of methoxy groups -OCH3 is 1. The molecular weight excluding hydrogens is 365 g/mol. The van der Waals surface area contributed by atoms with E-state index in [1.54, 1.807) is 0 Å². The number of carbonyl (C=O) groups is 3. The molecule has 0 saturated heterocycles. The van der Waals surface area contributed by atoms with E-state index in [9.17, 15) is 23.9 Å². The molecule has 0 radical (unpaired) electrons. The fourth-order valence-corrected chi connectivity index (χ4v) is 2.68. The molecule has 2 N–H and O–H groups in total. The van der Waals surface area contributed by atoms with Crippen molar-refractivity contribution in [3.05, 3.63) is 65.5 Å². The maximum absolute atomic E-state index is 13.7. The van der Waals surface area contributed by atoms with Crippen LogP contribution in [0, 0.1) is 11.7 Å². The van der Waals surface area contributed by atoms with E-state index in [0.29, 0.717) is 6.42 Å². The Morgan fingerprint density at radius 3 is 2.43 bits per heavy atom. The van der Waals surface area contributed by atoms with Crippen molar-refractivity contribution < 1.29 is 28.6 Å². The third-order valence-electron chi connectivity index (χ3n) is 4.27. The Hall–Kier alpha value is -3.22. The van der Waals surface area contributed by atoms with Crippen LogP contribution >= 0.6 is 0 Å². The molecule has 7 heteroatoms. The molecule has 2 rings (SSSR count). The smallest absolute Gasteiger partial charge is 0.308 e. The van der Waals surface area contributed by atoms with E-state index in [4.69, 9.17) is 4.74 Å². The number of amides is 1. The molecule has 148 valence electrons. The fourth-order valence-electron chi connectivity index (χ4n) is 2.68. The number of halogens is 1. The second-order valence-corrected chi connectivity index (χ2v) is 6.30. The van der Waals surface area contributed by atoms with Crippen LogP contribution in [0.3, 0.4) is 0 Å². The van der Waals surface area contributed by atoms with Gasteiger partial charge in [0.1, 0.15) is 0 Å². The van der Waals surface area contributed by atoms with E-state index >= 15 is 0 Å². The van der Waals surface area contributed by atoms with E-state index in [0.717, 1.165) is 11.6 Å². The summed E-state index contributed by atoms with van der Waals surface area (Å²) < 4.78 is 18.5. The Bertz CT molecular complexity index is 838. The number of carbonyl (C=O) groups excluding carboxylic acids is 2. The predicted octanol–water partition coefficient (Wildman–Crippen LogP) is 2.86. The summed E-state index contributed by atoms with van der Waals surface area (Å²) in [5.74, 6) is -3.19. The summed E-state index contributed by atoms with van der Waals surface area (Å²) in [7, 11) is 1.33. The topological polar surface area (TPSA) is 92.7 Å². The average Bonchev–Trinajstić information content (AvgIpc) is 2.69. The van der Waals surface area contributed by atoms with Gasteiger partial charge in [-0.15, -0.1) is 0 Å². The molecule has 0 saturated carbocycles. The number of benzene rings is 2. The van der Waals surface area contributed by atoms with Gasteiger partial charge in [0.25, 0.3) is 0 Å². The minimum atomic E-state index is -1.01. The van der Waals surface area contributed by atoms with Crippen molar-refractivity contribution in [2.75, 3.05) is 13.7 Å². The summed E-state index contributed by atoms with van der Waals surface area (Å²) in [5.41, 5.74) is 1.01. The zero-order valence-electron chi connectivity index (χ0n) is 15.5. The predicted molar refractivity (Wildman–Crippen MR) is 101 cm³/mol. The molecule has 0 fully saturated rings. The average molecular weight is 387 g/mol. The maximum atomic E-state index is 13.7. The van der Waals surface area contributed by atoms with Crippen molar-refractivity contribution in [2.45, 2.75) is 19.3 Å². The standard InChI is InChI=1S/C21H22FNO5/c1-28-19-9-7-15(12-17(19)22)18(24)8-10-20(25)23-13-16(21(26)27)11-14-5-3-2-4-6-14/h2-7,9,12,16H,8,10-11,13H2,1H3,(H,23,25)(H,26,27). The van der Waals surface area contributed by atoms with Crippen LogP contribution < -0.4 is 10.1 Å². The summed E-state index contributed by atoms with van der Waals surface area (Å²) in [6, 6.07) is 13.0. The first-order valence-corrected chi connectivity index (χ1v) is 8.81. The van der Waals surface area contributed by atoms with Crippen LogP contribution in [0.4, 0.5) is 4.39 Å². The monoisotopic (exact) mass is 387 g/mol. The molecule has 0 aliphatic carbocycles. The molecule has 1 unspecified atom stereocenters. The van der Waals surface area contributed by atoms with Crippen LogP contribution in [0.15, 0.2) is 48.5 Å². The zero-order chi connectivity index (χ0) is 20.5. The number of carboxylic acid groups (broad SMARTS) is 1. The lowest BCUT2D eigenvalue weighted by Crippen LogP contribution is -2.34. The molecule has 2 aromatic rings. The number of carboxylic acids is 1. The maximum Gasteiger partial charge on any atom is 0.308 e. The van der Waals surface area contributed by atoms with E-state index in [2.05, 4.69) is 5.32 Å². The van der Waals surface area contributed by atoms with Crippen molar-refractivity contribution in [3.63, 3.8) is 0 Å².